The highest BCUT2D eigenvalue weighted by Crippen LogP contribution is 2.30. The van der Waals surface area contributed by atoms with Crippen LogP contribution in [0.15, 0.2) is 24.3 Å². The molecule has 2 atom stereocenters. The predicted molar refractivity (Wildman–Crippen MR) is 81.4 cm³/mol. The summed E-state index contributed by atoms with van der Waals surface area (Å²) in [7, 11) is -3.15. The normalized spacial score (nSPS) is 23.7. The first-order valence-electron chi connectivity index (χ1n) is 7.38. The van der Waals surface area contributed by atoms with Gasteiger partial charge in [0.1, 0.15) is 0 Å². The maximum atomic E-state index is 12.0. The first-order chi connectivity index (χ1) is 9.40. The van der Waals surface area contributed by atoms with Crippen molar-refractivity contribution in [3.63, 3.8) is 0 Å². The van der Waals surface area contributed by atoms with E-state index in [9.17, 15) is 13.5 Å². The van der Waals surface area contributed by atoms with Gasteiger partial charge in [-0.1, -0.05) is 44.5 Å². The molecule has 1 aromatic carbocycles. The summed E-state index contributed by atoms with van der Waals surface area (Å²) in [6.45, 7) is 4.33. The van der Waals surface area contributed by atoms with E-state index in [2.05, 4.69) is 13.8 Å². The second kappa shape index (κ2) is 6.27. The van der Waals surface area contributed by atoms with Crippen molar-refractivity contribution in [2.24, 2.45) is 5.92 Å². The number of hydrogen-bond donors (Lipinski definition) is 1. The molecule has 20 heavy (non-hydrogen) atoms. The van der Waals surface area contributed by atoms with Crippen LogP contribution < -0.4 is 0 Å². The number of benzene rings is 1. The summed E-state index contributed by atoms with van der Waals surface area (Å²) < 4.78 is 24.1. The average molecular weight is 296 g/mol. The molecule has 0 amide bonds. The van der Waals surface area contributed by atoms with E-state index in [4.69, 9.17) is 0 Å². The fourth-order valence-corrected chi connectivity index (χ4v) is 4.86. The minimum atomic E-state index is -3.15. The van der Waals surface area contributed by atoms with Gasteiger partial charge in [0.25, 0.3) is 0 Å². The van der Waals surface area contributed by atoms with Crippen molar-refractivity contribution in [3.05, 3.63) is 35.4 Å². The van der Waals surface area contributed by atoms with Crippen molar-refractivity contribution < 1.29 is 13.5 Å². The molecule has 1 saturated heterocycles. The Labute approximate surface area is 121 Å². The van der Waals surface area contributed by atoms with Crippen LogP contribution in [0.1, 0.15) is 50.3 Å². The maximum Gasteiger partial charge on any atom is 0.156 e. The molecule has 1 aliphatic rings. The van der Waals surface area contributed by atoms with Crippen LogP contribution in [0.2, 0.25) is 0 Å². The lowest BCUT2D eigenvalue weighted by Crippen LogP contribution is -2.33. The van der Waals surface area contributed by atoms with E-state index in [0.29, 0.717) is 17.9 Å². The minimum absolute atomic E-state index is 0.208. The zero-order valence-corrected chi connectivity index (χ0v) is 13.1. The molecule has 3 nitrogen and oxygen atoms in total. The highest BCUT2D eigenvalue weighted by Gasteiger charge is 2.35. The molecule has 4 heteroatoms. The topological polar surface area (TPSA) is 54.4 Å². The van der Waals surface area contributed by atoms with Crippen molar-refractivity contribution in [2.75, 3.05) is 5.75 Å². The first kappa shape index (κ1) is 15.5. The fourth-order valence-electron chi connectivity index (χ4n) is 2.87. The molecule has 2 unspecified atom stereocenters. The number of rotatable bonds is 4. The lowest BCUT2D eigenvalue weighted by molar-refractivity contribution is 0.164. The Morgan fingerprint density at radius 2 is 1.85 bits per heavy atom. The summed E-state index contributed by atoms with van der Waals surface area (Å²) in [4.78, 5) is 0. The van der Waals surface area contributed by atoms with E-state index < -0.39 is 21.2 Å². The zero-order valence-electron chi connectivity index (χ0n) is 12.2. The summed E-state index contributed by atoms with van der Waals surface area (Å²) >= 11 is 0. The van der Waals surface area contributed by atoms with Gasteiger partial charge in [0.2, 0.25) is 0 Å². The molecule has 0 aromatic heterocycles. The van der Waals surface area contributed by atoms with Gasteiger partial charge in [-0.25, -0.2) is 8.42 Å². The third-order valence-electron chi connectivity index (χ3n) is 3.95. The lowest BCUT2D eigenvalue weighted by atomic mass is 9.98. The van der Waals surface area contributed by atoms with Crippen LogP contribution in [-0.4, -0.2) is 24.5 Å². The molecule has 1 fully saturated rings. The molecule has 1 aliphatic heterocycles. The molecular formula is C16H24O3S. The van der Waals surface area contributed by atoms with Gasteiger partial charge in [0, 0.05) is 0 Å². The van der Waals surface area contributed by atoms with Gasteiger partial charge in [-0.05, 0) is 36.3 Å². The molecule has 0 saturated carbocycles. The third kappa shape index (κ3) is 3.61. The Morgan fingerprint density at radius 1 is 1.20 bits per heavy atom. The number of aliphatic hydroxyl groups excluding tert-OH is 1. The molecule has 1 N–H and O–H groups in total. The Bertz CT molecular complexity index is 531. The maximum absolute atomic E-state index is 12.0. The van der Waals surface area contributed by atoms with Crippen molar-refractivity contribution in [2.45, 2.75) is 50.9 Å². The average Bonchev–Trinajstić information content (AvgIpc) is 2.37. The van der Waals surface area contributed by atoms with Gasteiger partial charge < -0.3 is 5.11 Å². The van der Waals surface area contributed by atoms with Crippen LogP contribution in [0.3, 0.4) is 0 Å². The van der Waals surface area contributed by atoms with Gasteiger partial charge >= 0.3 is 0 Å². The van der Waals surface area contributed by atoms with E-state index in [1.165, 1.54) is 5.56 Å². The van der Waals surface area contributed by atoms with Crippen LogP contribution in [0.5, 0.6) is 0 Å². The summed E-state index contributed by atoms with van der Waals surface area (Å²) in [5.74, 6) is 0.796. The van der Waals surface area contributed by atoms with Gasteiger partial charge in [-0.2, -0.15) is 0 Å². The molecule has 0 spiro atoms. The Hall–Kier alpha value is -0.870. The van der Waals surface area contributed by atoms with Crippen molar-refractivity contribution in [1.29, 1.82) is 0 Å². The molecule has 2 rings (SSSR count). The standard InChI is InChI=1S/C16H24O3S/c1-12(2)11-13-6-8-14(9-7-13)16(17)15-5-3-4-10-20(15,18)19/h6-9,12,15-17H,3-5,10-11H2,1-2H3. The molecule has 112 valence electrons. The highest BCUT2D eigenvalue weighted by atomic mass is 32.2. The third-order valence-corrected chi connectivity index (χ3v) is 6.22. The summed E-state index contributed by atoms with van der Waals surface area (Å²) in [5.41, 5.74) is 1.94. The van der Waals surface area contributed by atoms with Crippen LogP contribution in [0.25, 0.3) is 0 Å². The van der Waals surface area contributed by atoms with E-state index in [1.54, 1.807) is 0 Å². The Morgan fingerprint density at radius 3 is 2.40 bits per heavy atom. The monoisotopic (exact) mass is 296 g/mol. The smallest absolute Gasteiger partial charge is 0.156 e. The van der Waals surface area contributed by atoms with Crippen molar-refractivity contribution in [1.82, 2.24) is 0 Å². The molecule has 0 radical (unpaired) electrons. The number of sulfone groups is 1. The summed E-state index contributed by atoms with van der Waals surface area (Å²) in [6, 6.07) is 7.72. The number of aliphatic hydroxyl groups is 1. The van der Waals surface area contributed by atoms with Gasteiger partial charge in [-0.3, -0.25) is 0 Å². The van der Waals surface area contributed by atoms with Crippen molar-refractivity contribution >= 4 is 9.84 Å². The van der Waals surface area contributed by atoms with Crippen molar-refractivity contribution in [3.8, 4) is 0 Å². The van der Waals surface area contributed by atoms with Crippen LogP contribution in [-0.2, 0) is 16.3 Å². The molecular weight excluding hydrogens is 272 g/mol. The van der Waals surface area contributed by atoms with E-state index in [1.807, 2.05) is 24.3 Å². The first-order valence-corrected chi connectivity index (χ1v) is 9.10. The van der Waals surface area contributed by atoms with E-state index >= 15 is 0 Å². The summed E-state index contributed by atoms with van der Waals surface area (Å²) in [5, 5.41) is 9.74. The quantitative estimate of drug-likeness (QED) is 0.929. The Balaban J connectivity index is 2.14. The highest BCUT2D eigenvalue weighted by molar-refractivity contribution is 7.92. The zero-order chi connectivity index (χ0) is 14.8. The van der Waals surface area contributed by atoms with Gasteiger partial charge in [0.05, 0.1) is 17.1 Å². The minimum Gasteiger partial charge on any atom is -0.387 e. The van der Waals surface area contributed by atoms with Crippen LogP contribution in [0.4, 0.5) is 0 Å². The molecule has 0 aliphatic carbocycles. The second-order valence-electron chi connectivity index (χ2n) is 6.19. The number of hydrogen-bond acceptors (Lipinski definition) is 3. The SMILES string of the molecule is CC(C)Cc1ccc(C(O)C2CCCCS2(=O)=O)cc1. The molecule has 0 bridgehead atoms. The summed E-state index contributed by atoms with van der Waals surface area (Å²) in [6.07, 6.45) is 2.27. The fraction of sp³-hybridized carbons (Fsp3) is 0.625. The van der Waals surface area contributed by atoms with Crippen LogP contribution in [0, 0.1) is 5.92 Å². The molecule has 1 heterocycles. The Kier molecular flexibility index (Phi) is 4.86. The largest absolute Gasteiger partial charge is 0.387 e. The second-order valence-corrected chi connectivity index (χ2v) is 8.53. The molecule has 1 aromatic rings. The predicted octanol–water partition coefficient (Wildman–Crippen LogP) is 2.89. The van der Waals surface area contributed by atoms with E-state index in [0.717, 1.165) is 19.3 Å². The van der Waals surface area contributed by atoms with Gasteiger partial charge in [0.15, 0.2) is 9.84 Å². The van der Waals surface area contributed by atoms with E-state index in [-0.39, 0.29) is 5.75 Å². The van der Waals surface area contributed by atoms with Crippen LogP contribution >= 0.6 is 0 Å². The lowest BCUT2D eigenvalue weighted by Gasteiger charge is -2.27. The van der Waals surface area contributed by atoms with Gasteiger partial charge in [-0.15, -0.1) is 0 Å².